The Kier molecular flexibility index (Phi) is 3.89. The molecular weight excluding hydrogens is 257 g/mol. The first-order valence-corrected chi connectivity index (χ1v) is 5.54. The molecule has 1 aromatic heterocycles. The quantitative estimate of drug-likeness (QED) is 0.797. The van der Waals surface area contributed by atoms with Crippen LogP contribution in [0.1, 0.15) is 15.9 Å². The molecule has 1 aromatic carbocycles. The predicted molar refractivity (Wildman–Crippen MR) is 65.4 cm³/mol. The number of carbonyl (C=O) groups excluding carboxylic acids is 1. The van der Waals surface area contributed by atoms with Crippen molar-refractivity contribution in [3.8, 4) is 5.75 Å². The Morgan fingerprint density at radius 3 is 2.94 bits per heavy atom. The maximum absolute atomic E-state index is 12.9. The minimum atomic E-state index is -0.480. The van der Waals surface area contributed by atoms with Crippen molar-refractivity contribution in [3.05, 3.63) is 58.6 Å². The van der Waals surface area contributed by atoms with Crippen LogP contribution in [0.2, 0.25) is 5.02 Å². The number of nitrogens with zero attached hydrogens (tertiary/aromatic N) is 1. The van der Waals surface area contributed by atoms with Gasteiger partial charge in [-0.15, -0.1) is 0 Å². The number of halogens is 2. The van der Waals surface area contributed by atoms with Crippen LogP contribution in [0, 0.1) is 5.82 Å². The van der Waals surface area contributed by atoms with Crippen molar-refractivity contribution in [1.82, 2.24) is 4.98 Å². The lowest BCUT2D eigenvalue weighted by atomic mass is 10.2. The topological polar surface area (TPSA) is 39.2 Å². The third kappa shape index (κ3) is 2.84. The summed E-state index contributed by atoms with van der Waals surface area (Å²) in [5.41, 5.74) is 0.910. The van der Waals surface area contributed by atoms with Crippen molar-refractivity contribution >= 4 is 17.9 Å². The molecule has 2 aromatic rings. The van der Waals surface area contributed by atoms with Crippen LogP contribution in [0.15, 0.2) is 36.7 Å². The van der Waals surface area contributed by atoms with Crippen molar-refractivity contribution in [2.75, 3.05) is 0 Å². The summed E-state index contributed by atoms with van der Waals surface area (Å²) in [5, 5.41) is 0.479. The SMILES string of the molecule is O=Cc1cc(F)ccc1OCc1ccncc1Cl. The van der Waals surface area contributed by atoms with Gasteiger partial charge in [0.15, 0.2) is 6.29 Å². The first-order valence-electron chi connectivity index (χ1n) is 5.16. The molecule has 0 aliphatic rings. The Bertz CT molecular complexity index is 575. The van der Waals surface area contributed by atoms with Gasteiger partial charge in [-0.1, -0.05) is 11.6 Å². The second-order valence-electron chi connectivity index (χ2n) is 3.56. The molecule has 0 bridgehead atoms. The highest BCUT2D eigenvalue weighted by Crippen LogP contribution is 2.21. The number of rotatable bonds is 4. The molecule has 0 unspecified atom stereocenters. The highest BCUT2D eigenvalue weighted by Gasteiger charge is 2.06. The molecule has 5 heteroatoms. The maximum Gasteiger partial charge on any atom is 0.153 e. The number of hydrogen-bond donors (Lipinski definition) is 0. The second-order valence-corrected chi connectivity index (χ2v) is 3.96. The van der Waals surface area contributed by atoms with Gasteiger partial charge in [0.2, 0.25) is 0 Å². The lowest BCUT2D eigenvalue weighted by Gasteiger charge is -2.09. The lowest BCUT2D eigenvalue weighted by Crippen LogP contribution is -1.99. The number of benzene rings is 1. The molecule has 92 valence electrons. The van der Waals surface area contributed by atoms with Crippen LogP contribution in [0.4, 0.5) is 4.39 Å². The van der Waals surface area contributed by atoms with Gasteiger partial charge in [-0.2, -0.15) is 0 Å². The van der Waals surface area contributed by atoms with Crippen LogP contribution in [0.25, 0.3) is 0 Å². The van der Waals surface area contributed by atoms with Crippen LogP contribution >= 0.6 is 11.6 Å². The van der Waals surface area contributed by atoms with E-state index in [1.807, 2.05) is 0 Å². The summed E-state index contributed by atoms with van der Waals surface area (Å²) in [6.07, 6.45) is 3.65. The molecule has 0 aliphatic carbocycles. The van der Waals surface area contributed by atoms with E-state index < -0.39 is 5.82 Å². The molecule has 0 aliphatic heterocycles. The van der Waals surface area contributed by atoms with Gasteiger partial charge in [-0.3, -0.25) is 9.78 Å². The van der Waals surface area contributed by atoms with Gasteiger partial charge in [-0.25, -0.2) is 4.39 Å². The Balaban J connectivity index is 2.16. The average Bonchev–Trinajstić information content (AvgIpc) is 2.39. The summed E-state index contributed by atoms with van der Waals surface area (Å²) in [6, 6.07) is 5.48. The smallest absolute Gasteiger partial charge is 0.153 e. The summed E-state index contributed by atoms with van der Waals surface area (Å²) in [4.78, 5) is 14.6. The number of hydrogen-bond acceptors (Lipinski definition) is 3. The number of ether oxygens (including phenoxy) is 1. The predicted octanol–water partition coefficient (Wildman–Crippen LogP) is 3.27. The summed E-state index contributed by atoms with van der Waals surface area (Å²) in [6.45, 7) is 0.188. The Labute approximate surface area is 108 Å². The minimum Gasteiger partial charge on any atom is -0.488 e. The highest BCUT2D eigenvalue weighted by atomic mass is 35.5. The van der Waals surface area contributed by atoms with Gasteiger partial charge >= 0.3 is 0 Å². The zero-order valence-corrected chi connectivity index (χ0v) is 10.0. The highest BCUT2D eigenvalue weighted by molar-refractivity contribution is 6.31. The standard InChI is InChI=1S/C13H9ClFNO2/c14-12-6-16-4-3-9(12)8-18-13-2-1-11(15)5-10(13)7-17/h1-7H,8H2. The minimum absolute atomic E-state index is 0.167. The molecule has 0 radical (unpaired) electrons. The first kappa shape index (κ1) is 12.5. The number of pyridine rings is 1. The van der Waals surface area contributed by atoms with E-state index in [1.165, 1.54) is 18.3 Å². The molecule has 18 heavy (non-hydrogen) atoms. The van der Waals surface area contributed by atoms with Crippen LogP contribution in [-0.2, 0) is 6.61 Å². The molecule has 1 heterocycles. The molecule has 0 fully saturated rings. The largest absolute Gasteiger partial charge is 0.488 e. The fourth-order valence-corrected chi connectivity index (χ4v) is 1.59. The summed E-state index contributed by atoms with van der Waals surface area (Å²) in [7, 11) is 0. The number of aldehydes is 1. The molecule has 0 saturated heterocycles. The maximum atomic E-state index is 12.9. The van der Waals surface area contributed by atoms with Gasteiger partial charge in [0.25, 0.3) is 0 Å². The van der Waals surface area contributed by atoms with Crippen LogP contribution < -0.4 is 4.74 Å². The van der Waals surface area contributed by atoms with Gasteiger partial charge in [-0.05, 0) is 24.3 Å². The van der Waals surface area contributed by atoms with Crippen molar-refractivity contribution in [2.45, 2.75) is 6.61 Å². The van der Waals surface area contributed by atoms with Crippen LogP contribution in [-0.4, -0.2) is 11.3 Å². The van der Waals surface area contributed by atoms with E-state index in [1.54, 1.807) is 12.3 Å². The molecule has 0 atom stereocenters. The lowest BCUT2D eigenvalue weighted by molar-refractivity contribution is 0.111. The molecule has 3 nitrogen and oxygen atoms in total. The Morgan fingerprint density at radius 1 is 1.39 bits per heavy atom. The van der Waals surface area contributed by atoms with E-state index in [0.29, 0.717) is 17.1 Å². The van der Waals surface area contributed by atoms with E-state index in [2.05, 4.69) is 4.98 Å². The molecule has 2 rings (SSSR count). The van der Waals surface area contributed by atoms with Gasteiger partial charge in [0, 0.05) is 18.0 Å². The fraction of sp³-hybridized carbons (Fsp3) is 0.0769. The second kappa shape index (κ2) is 5.60. The zero-order valence-electron chi connectivity index (χ0n) is 9.27. The molecular formula is C13H9ClFNO2. The third-order valence-corrected chi connectivity index (χ3v) is 2.68. The monoisotopic (exact) mass is 265 g/mol. The van der Waals surface area contributed by atoms with E-state index in [0.717, 1.165) is 11.6 Å². The van der Waals surface area contributed by atoms with Crippen molar-refractivity contribution in [2.24, 2.45) is 0 Å². The molecule has 0 amide bonds. The van der Waals surface area contributed by atoms with Crippen molar-refractivity contribution < 1.29 is 13.9 Å². The van der Waals surface area contributed by atoms with Crippen LogP contribution in [0.3, 0.4) is 0 Å². The first-order chi connectivity index (χ1) is 8.70. The summed E-state index contributed by atoms with van der Waals surface area (Å²) >= 11 is 5.92. The van der Waals surface area contributed by atoms with Gasteiger partial charge in [0.1, 0.15) is 18.2 Å². The molecule has 0 saturated carbocycles. The number of aromatic nitrogens is 1. The van der Waals surface area contributed by atoms with E-state index >= 15 is 0 Å². The van der Waals surface area contributed by atoms with Crippen molar-refractivity contribution in [1.29, 1.82) is 0 Å². The van der Waals surface area contributed by atoms with Gasteiger partial charge in [0.05, 0.1) is 10.6 Å². The summed E-state index contributed by atoms with van der Waals surface area (Å²) in [5.74, 6) is -0.161. The fourth-order valence-electron chi connectivity index (χ4n) is 1.42. The molecule has 0 N–H and O–H groups in total. The number of carbonyl (C=O) groups is 1. The normalized spacial score (nSPS) is 10.1. The average molecular weight is 266 g/mol. The van der Waals surface area contributed by atoms with E-state index in [9.17, 15) is 9.18 Å². The zero-order chi connectivity index (χ0) is 13.0. The summed E-state index contributed by atoms with van der Waals surface area (Å²) < 4.78 is 18.4. The van der Waals surface area contributed by atoms with Gasteiger partial charge < -0.3 is 4.74 Å². The Hall–Kier alpha value is -1.94. The van der Waals surface area contributed by atoms with E-state index in [-0.39, 0.29) is 12.2 Å². The van der Waals surface area contributed by atoms with Crippen LogP contribution in [0.5, 0.6) is 5.75 Å². The Morgan fingerprint density at radius 2 is 2.22 bits per heavy atom. The van der Waals surface area contributed by atoms with E-state index in [4.69, 9.17) is 16.3 Å². The third-order valence-electron chi connectivity index (χ3n) is 2.34. The van der Waals surface area contributed by atoms with Crippen molar-refractivity contribution in [3.63, 3.8) is 0 Å². The molecule has 0 spiro atoms.